The van der Waals surface area contributed by atoms with E-state index in [0.29, 0.717) is 6.04 Å². The molecule has 0 radical (unpaired) electrons. The Bertz CT molecular complexity index is 385. The number of hydrogen-bond acceptors (Lipinski definition) is 4. The molecular formula is C15H26N4. The summed E-state index contributed by atoms with van der Waals surface area (Å²) in [6.45, 7) is 11.0. The molecule has 2 heterocycles. The number of piperidine rings is 1. The molecule has 106 valence electrons. The van der Waals surface area contributed by atoms with Gasteiger partial charge in [-0.15, -0.1) is 0 Å². The highest BCUT2D eigenvalue weighted by Crippen LogP contribution is 2.20. The van der Waals surface area contributed by atoms with Crippen molar-refractivity contribution in [3.05, 3.63) is 23.8 Å². The summed E-state index contributed by atoms with van der Waals surface area (Å²) in [5.74, 6) is 1.65. The molecule has 1 N–H and O–H groups in total. The molecule has 0 aromatic carbocycles. The third-order valence-corrected chi connectivity index (χ3v) is 4.23. The van der Waals surface area contributed by atoms with Gasteiger partial charge in [-0.3, -0.25) is 0 Å². The third kappa shape index (κ3) is 4.25. The van der Waals surface area contributed by atoms with Crippen LogP contribution < -0.4 is 5.32 Å². The number of likely N-dealkylation sites (tertiary alicyclic amines) is 1. The minimum Gasteiger partial charge on any atom is -0.308 e. The summed E-state index contributed by atoms with van der Waals surface area (Å²) >= 11 is 0. The van der Waals surface area contributed by atoms with Crippen molar-refractivity contribution in [2.45, 2.75) is 46.2 Å². The molecule has 2 rings (SSSR count). The highest BCUT2D eigenvalue weighted by Gasteiger charge is 2.22. The van der Waals surface area contributed by atoms with Gasteiger partial charge in [0.25, 0.3) is 0 Å². The summed E-state index contributed by atoms with van der Waals surface area (Å²) in [5, 5.41) is 3.62. The first-order valence-electron chi connectivity index (χ1n) is 7.43. The van der Waals surface area contributed by atoms with E-state index in [4.69, 9.17) is 0 Å². The van der Waals surface area contributed by atoms with Crippen LogP contribution >= 0.6 is 0 Å². The second-order valence-electron chi connectivity index (χ2n) is 5.54. The van der Waals surface area contributed by atoms with E-state index in [9.17, 15) is 0 Å². The summed E-state index contributed by atoms with van der Waals surface area (Å²) in [4.78, 5) is 11.1. The van der Waals surface area contributed by atoms with Crippen LogP contribution in [-0.2, 0) is 6.54 Å². The van der Waals surface area contributed by atoms with Gasteiger partial charge in [0.15, 0.2) is 0 Å². The van der Waals surface area contributed by atoms with Gasteiger partial charge < -0.3 is 10.2 Å². The first-order chi connectivity index (χ1) is 9.19. The quantitative estimate of drug-likeness (QED) is 0.881. The van der Waals surface area contributed by atoms with Gasteiger partial charge in [0.05, 0.1) is 5.69 Å². The maximum atomic E-state index is 4.43. The van der Waals surface area contributed by atoms with Gasteiger partial charge >= 0.3 is 0 Å². The second-order valence-corrected chi connectivity index (χ2v) is 5.54. The van der Waals surface area contributed by atoms with Crippen LogP contribution in [0.1, 0.15) is 38.2 Å². The van der Waals surface area contributed by atoms with Crippen LogP contribution in [0.4, 0.5) is 0 Å². The summed E-state index contributed by atoms with van der Waals surface area (Å²) in [5.41, 5.74) is 1.09. The first-order valence-corrected chi connectivity index (χ1v) is 7.43. The van der Waals surface area contributed by atoms with Gasteiger partial charge in [-0.25, -0.2) is 9.97 Å². The third-order valence-electron chi connectivity index (χ3n) is 4.23. The Morgan fingerprint density at radius 2 is 2.16 bits per heavy atom. The molecule has 1 atom stereocenters. The molecule has 19 heavy (non-hydrogen) atoms. The normalized spacial score (nSPS) is 19.5. The summed E-state index contributed by atoms with van der Waals surface area (Å²) in [6, 6.07) is 2.56. The average molecular weight is 262 g/mol. The van der Waals surface area contributed by atoms with E-state index in [-0.39, 0.29) is 0 Å². The monoisotopic (exact) mass is 262 g/mol. The van der Waals surface area contributed by atoms with Crippen molar-refractivity contribution >= 4 is 0 Å². The van der Waals surface area contributed by atoms with Crippen molar-refractivity contribution in [3.63, 3.8) is 0 Å². The van der Waals surface area contributed by atoms with E-state index in [1.807, 2.05) is 19.2 Å². The van der Waals surface area contributed by atoms with Crippen LogP contribution in [0.3, 0.4) is 0 Å². The van der Waals surface area contributed by atoms with Gasteiger partial charge in [-0.2, -0.15) is 0 Å². The van der Waals surface area contributed by atoms with Crippen LogP contribution in [0.25, 0.3) is 0 Å². The molecule has 1 aliphatic rings. The molecule has 1 aromatic rings. The molecule has 1 unspecified atom stereocenters. The number of aryl methyl sites for hydroxylation is 1. The van der Waals surface area contributed by atoms with Crippen molar-refractivity contribution in [1.29, 1.82) is 0 Å². The minimum absolute atomic E-state index is 0.564. The van der Waals surface area contributed by atoms with Gasteiger partial charge in [0, 0.05) is 18.8 Å². The molecule has 0 bridgehead atoms. The largest absolute Gasteiger partial charge is 0.308 e. The van der Waals surface area contributed by atoms with E-state index in [1.165, 1.54) is 32.5 Å². The molecule has 0 amide bonds. The maximum Gasteiger partial charge on any atom is 0.125 e. The highest BCUT2D eigenvalue weighted by atomic mass is 15.1. The lowest BCUT2D eigenvalue weighted by Gasteiger charge is -2.34. The Morgan fingerprint density at radius 3 is 2.79 bits per heavy atom. The van der Waals surface area contributed by atoms with Crippen LogP contribution in [0.15, 0.2) is 12.3 Å². The van der Waals surface area contributed by atoms with Gasteiger partial charge in [0.2, 0.25) is 0 Å². The van der Waals surface area contributed by atoms with Crippen LogP contribution in [0.5, 0.6) is 0 Å². The lowest BCUT2D eigenvalue weighted by Crippen LogP contribution is -2.41. The standard InChI is InChI=1S/C15H26N4/c1-4-19-9-6-14(7-10-19)12(2)17-11-15-5-8-16-13(3)18-15/h5,8,12,14,17H,4,6-7,9-11H2,1-3H3. The Morgan fingerprint density at radius 1 is 1.42 bits per heavy atom. The van der Waals surface area contributed by atoms with Crippen LogP contribution in [0, 0.1) is 12.8 Å². The average Bonchev–Trinajstić information content (AvgIpc) is 2.45. The Balaban J connectivity index is 1.77. The topological polar surface area (TPSA) is 41.0 Å². The smallest absolute Gasteiger partial charge is 0.125 e. The van der Waals surface area contributed by atoms with Crippen LogP contribution in [-0.4, -0.2) is 40.5 Å². The van der Waals surface area contributed by atoms with E-state index < -0.39 is 0 Å². The van der Waals surface area contributed by atoms with Crippen molar-refractivity contribution in [1.82, 2.24) is 20.2 Å². The summed E-state index contributed by atoms with van der Waals surface area (Å²) < 4.78 is 0. The molecule has 0 spiro atoms. The fourth-order valence-corrected chi connectivity index (χ4v) is 2.80. The Kier molecular flexibility index (Phi) is 5.28. The van der Waals surface area contributed by atoms with Crippen molar-refractivity contribution < 1.29 is 0 Å². The second kappa shape index (κ2) is 6.96. The molecular weight excluding hydrogens is 236 g/mol. The molecule has 0 saturated carbocycles. The van der Waals surface area contributed by atoms with Crippen molar-refractivity contribution in [3.8, 4) is 0 Å². The lowest BCUT2D eigenvalue weighted by atomic mass is 9.90. The predicted molar refractivity (Wildman–Crippen MR) is 77.9 cm³/mol. The van der Waals surface area contributed by atoms with E-state index >= 15 is 0 Å². The van der Waals surface area contributed by atoms with Gasteiger partial charge in [-0.05, 0) is 58.3 Å². The number of aromatic nitrogens is 2. The van der Waals surface area contributed by atoms with Crippen molar-refractivity contribution in [2.24, 2.45) is 5.92 Å². The predicted octanol–water partition coefficient (Wildman–Crippen LogP) is 2.00. The number of rotatable bonds is 5. The number of hydrogen-bond donors (Lipinski definition) is 1. The molecule has 1 saturated heterocycles. The lowest BCUT2D eigenvalue weighted by molar-refractivity contribution is 0.168. The molecule has 1 fully saturated rings. The zero-order valence-corrected chi connectivity index (χ0v) is 12.4. The first kappa shape index (κ1) is 14.4. The molecule has 4 nitrogen and oxygen atoms in total. The van der Waals surface area contributed by atoms with E-state index in [1.54, 1.807) is 0 Å². The highest BCUT2D eigenvalue weighted by molar-refractivity contribution is 5.01. The Hall–Kier alpha value is -1.00. The van der Waals surface area contributed by atoms with Gasteiger partial charge in [0.1, 0.15) is 5.82 Å². The molecule has 0 aliphatic carbocycles. The van der Waals surface area contributed by atoms with E-state index in [2.05, 4.69) is 34.0 Å². The zero-order chi connectivity index (χ0) is 13.7. The molecule has 1 aliphatic heterocycles. The molecule has 1 aromatic heterocycles. The summed E-state index contributed by atoms with van der Waals surface area (Å²) in [6.07, 6.45) is 4.46. The SMILES string of the molecule is CCN1CCC(C(C)NCc2ccnc(C)n2)CC1. The zero-order valence-electron chi connectivity index (χ0n) is 12.4. The minimum atomic E-state index is 0.564. The maximum absolute atomic E-state index is 4.43. The summed E-state index contributed by atoms with van der Waals surface area (Å²) in [7, 11) is 0. The van der Waals surface area contributed by atoms with Crippen LogP contribution in [0.2, 0.25) is 0 Å². The van der Waals surface area contributed by atoms with Crippen molar-refractivity contribution in [2.75, 3.05) is 19.6 Å². The number of nitrogens with zero attached hydrogens (tertiary/aromatic N) is 3. The fraction of sp³-hybridized carbons (Fsp3) is 0.733. The molecule has 4 heteroatoms. The Labute approximate surface area is 116 Å². The van der Waals surface area contributed by atoms with Gasteiger partial charge in [-0.1, -0.05) is 6.92 Å². The van der Waals surface area contributed by atoms with E-state index in [0.717, 1.165) is 24.0 Å². The fourth-order valence-electron chi connectivity index (χ4n) is 2.80. The number of nitrogens with one attached hydrogen (secondary N) is 1.